The average Bonchev–Trinajstić information content (AvgIpc) is 3.39. The van der Waals surface area contributed by atoms with E-state index in [2.05, 4.69) is 15.4 Å². The number of anilines is 1. The molecule has 29 heavy (non-hydrogen) atoms. The minimum Gasteiger partial charge on any atom is -0.453 e. The molecule has 9 heteroatoms. The van der Waals surface area contributed by atoms with Gasteiger partial charge in [-0.2, -0.15) is 5.10 Å². The molecule has 2 aromatic heterocycles. The maximum atomic E-state index is 12.5. The second kappa shape index (κ2) is 6.93. The molecule has 3 aromatic rings. The van der Waals surface area contributed by atoms with Crippen molar-refractivity contribution in [2.75, 3.05) is 11.9 Å². The normalized spacial score (nSPS) is 14.4. The summed E-state index contributed by atoms with van der Waals surface area (Å²) >= 11 is 1.30. The van der Waals surface area contributed by atoms with Gasteiger partial charge in [-0.25, -0.2) is 9.78 Å². The van der Waals surface area contributed by atoms with Crippen LogP contribution in [0.2, 0.25) is 0 Å². The van der Waals surface area contributed by atoms with Crippen molar-refractivity contribution in [3.8, 4) is 10.6 Å². The number of thiazole rings is 1. The van der Waals surface area contributed by atoms with Crippen LogP contribution in [-0.4, -0.2) is 39.0 Å². The minimum absolute atomic E-state index is 0.114. The number of carbonyl (C=O) groups is 3. The number of amides is 1. The van der Waals surface area contributed by atoms with Crippen LogP contribution in [0.1, 0.15) is 40.3 Å². The Hall–Kier alpha value is -3.33. The highest BCUT2D eigenvalue weighted by Crippen LogP contribution is 2.37. The van der Waals surface area contributed by atoms with Crippen LogP contribution >= 0.6 is 11.3 Å². The number of nitrogens with one attached hydrogen (secondary N) is 1. The lowest BCUT2D eigenvalue weighted by Gasteiger charge is -2.15. The van der Waals surface area contributed by atoms with Gasteiger partial charge in [0.2, 0.25) is 5.91 Å². The van der Waals surface area contributed by atoms with Crippen molar-refractivity contribution in [1.29, 1.82) is 0 Å². The Kier molecular flexibility index (Phi) is 4.54. The van der Waals surface area contributed by atoms with E-state index >= 15 is 0 Å². The Morgan fingerprint density at radius 2 is 2.10 bits per heavy atom. The summed E-state index contributed by atoms with van der Waals surface area (Å²) < 4.78 is 6.79. The van der Waals surface area contributed by atoms with Gasteiger partial charge in [-0.1, -0.05) is 0 Å². The Bertz CT molecular complexity index is 1150. The topological polar surface area (TPSA) is 103 Å². The number of hydrogen-bond donors (Lipinski definition) is 1. The molecule has 1 N–H and O–H groups in total. The summed E-state index contributed by atoms with van der Waals surface area (Å²) in [6.45, 7) is 3.19. The van der Waals surface area contributed by atoms with Crippen LogP contribution in [0.15, 0.2) is 36.0 Å². The highest BCUT2D eigenvalue weighted by Gasteiger charge is 2.38. The fourth-order valence-electron chi connectivity index (χ4n) is 3.06. The summed E-state index contributed by atoms with van der Waals surface area (Å²) in [4.78, 5) is 41.0. The molecule has 0 aliphatic carbocycles. The number of aryl methyl sites for hydroxylation is 1. The van der Waals surface area contributed by atoms with Gasteiger partial charge in [-0.3, -0.25) is 14.3 Å². The van der Waals surface area contributed by atoms with Gasteiger partial charge < -0.3 is 10.1 Å². The van der Waals surface area contributed by atoms with Crippen molar-refractivity contribution in [3.63, 3.8) is 0 Å². The summed E-state index contributed by atoms with van der Waals surface area (Å²) in [5.74, 6) is -1.13. The molecule has 1 amide bonds. The number of aromatic nitrogens is 3. The molecule has 8 nitrogen and oxygen atoms in total. The number of rotatable bonds is 5. The van der Waals surface area contributed by atoms with E-state index in [0.717, 1.165) is 11.1 Å². The fourth-order valence-corrected chi connectivity index (χ4v) is 3.83. The third-order valence-electron chi connectivity index (χ3n) is 4.83. The van der Waals surface area contributed by atoms with Crippen LogP contribution in [0, 0.1) is 0 Å². The first-order valence-electron chi connectivity index (χ1n) is 8.86. The number of esters is 1. The maximum Gasteiger partial charge on any atom is 0.358 e. The number of ketones is 1. The number of fused-ring (bicyclic) bond motifs is 1. The Morgan fingerprint density at radius 3 is 2.83 bits per heavy atom. The van der Waals surface area contributed by atoms with Crippen LogP contribution in [0.4, 0.5) is 5.69 Å². The zero-order chi connectivity index (χ0) is 20.8. The summed E-state index contributed by atoms with van der Waals surface area (Å²) in [5.41, 5.74) is 2.06. The van der Waals surface area contributed by atoms with Gasteiger partial charge in [-0.05, 0) is 37.6 Å². The summed E-state index contributed by atoms with van der Waals surface area (Å²) in [6, 6.07) is 4.98. The van der Waals surface area contributed by atoms with Gasteiger partial charge in [-0.15, -0.1) is 11.3 Å². The predicted molar refractivity (Wildman–Crippen MR) is 107 cm³/mol. The molecule has 0 atom stereocenters. The molecule has 0 spiro atoms. The molecule has 3 heterocycles. The zero-order valence-corrected chi connectivity index (χ0v) is 16.9. The van der Waals surface area contributed by atoms with Gasteiger partial charge >= 0.3 is 5.97 Å². The molecule has 0 bridgehead atoms. The van der Waals surface area contributed by atoms with Crippen molar-refractivity contribution in [3.05, 3.63) is 52.8 Å². The molecule has 0 unspecified atom stereocenters. The van der Waals surface area contributed by atoms with Crippen LogP contribution in [0.3, 0.4) is 0 Å². The van der Waals surface area contributed by atoms with Crippen molar-refractivity contribution < 1.29 is 19.1 Å². The van der Waals surface area contributed by atoms with Crippen LogP contribution in [-0.2, 0) is 22.0 Å². The molecule has 0 saturated heterocycles. The van der Waals surface area contributed by atoms with Crippen LogP contribution < -0.4 is 5.32 Å². The quantitative estimate of drug-likeness (QED) is 0.512. The number of nitrogens with zero attached hydrogens (tertiary/aromatic N) is 3. The molecule has 0 fully saturated rings. The third kappa shape index (κ3) is 3.44. The van der Waals surface area contributed by atoms with Gasteiger partial charge in [0.15, 0.2) is 18.1 Å². The van der Waals surface area contributed by atoms with Crippen molar-refractivity contribution in [1.82, 2.24) is 14.8 Å². The van der Waals surface area contributed by atoms with Gasteiger partial charge in [0.1, 0.15) is 5.01 Å². The Morgan fingerprint density at radius 1 is 1.31 bits per heavy atom. The number of benzene rings is 1. The first kappa shape index (κ1) is 19.0. The molecular formula is C20H18N4O4S. The SMILES string of the molecule is Cn1cc(-c2nc(C(=O)OCC(=O)c3ccc4c(c3)C(C)(C)C(=O)N4)cs2)cn1. The standard InChI is InChI=1S/C20H18N4O4S/c1-20(2)13-6-11(4-5-14(13)23-19(20)27)16(25)9-28-18(26)15-10-29-17(22-15)12-7-21-24(3)8-12/h4-8,10H,9H2,1-3H3,(H,23,27). The largest absolute Gasteiger partial charge is 0.453 e. The molecule has 0 saturated carbocycles. The van der Waals surface area contributed by atoms with E-state index in [9.17, 15) is 14.4 Å². The Balaban J connectivity index is 1.43. The summed E-state index contributed by atoms with van der Waals surface area (Å²) in [6.07, 6.45) is 3.46. The zero-order valence-electron chi connectivity index (χ0n) is 16.1. The van der Waals surface area contributed by atoms with Crippen LogP contribution in [0.25, 0.3) is 10.6 Å². The lowest BCUT2D eigenvalue weighted by Crippen LogP contribution is -2.27. The van der Waals surface area contributed by atoms with Crippen LogP contribution in [0.5, 0.6) is 0 Å². The first-order valence-corrected chi connectivity index (χ1v) is 9.74. The maximum absolute atomic E-state index is 12.5. The summed E-state index contributed by atoms with van der Waals surface area (Å²) in [5, 5.41) is 9.11. The van der Waals surface area contributed by atoms with E-state index in [1.165, 1.54) is 11.3 Å². The molecule has 1 aliphatic rings. The fraction of sp³-hybridized carbons (Fsp3) is 0.250. The van der Waals surface area contributed by atoms with Crippen molar-refractivity contribution >= 4 is 34.7 Å². The van der Waals surface area contributed by atoms with Crippen molar-refractivity contribution in [2.24, 2.45) is 7.05 Å². The number of carbonyl (C=O) groups excluding carboxylic acids is 3. The van der Waals surface area contributed by atoms with E-state index in [-0.39, 0.29) is 17.4 Å². The molecule has 0 radical (unpaired) electrons. The molecule has 4 rings (SSSR count). The lowest BCUT2D eigenvalue weighted by molar-refractivity contribution is -0.119. The van der Waals surface area contributed by atoms with E-state index in [1.807, 2.05) is 0 Å². The summed E-state index contributed by atoms with van der Waals surface area (Å²) in [7, 11) is 1.80. The molecular weight excluding hydrogens is 392 g/mol. The average molecular weight is 410 g/mol. The molecule has 148 valence electrons. The smallest absolute Gasteiger partial charge is 0.358 e. The molecule has 1 aromatic carbocycles. The van der Waals surface area contributed by atoms with Gasteiger partial charge in [0.05, 0.1) is 11.6 Å². The number of ether oxygens (including phenoxy) is 1. The lowest BCUT2D eigenvalue weighted by atomic mass is 9.85. The van der Waals surface area contributed by atoms with Gasteiger partial charge in [0.25, 0.3) is 0 Å². The van der Waals surface area contributed by atoms with Crippen molar-refractivity contribution in [2.45, 2.75) is 19.3 Å². The van der Waals surface area contributed by atoms with E-state index in [4.69, 9.17) is 4.74 Å². The number of hydrogen-bond acceptors (Lipinski definition) is 7. The monoisotopic (exact) mass is 410 g/mol. The minimum atomic E-state index is -0.717. The van der Waals surface area contributed by atoms with E-state index in [0.29, 0.717) is 16.3 Å². The molecule has 1 aliphatic heterocycles. The van der Waals surface area contributed by atoms with E-state index < -0.39 is 18.0 Å². The van der Waals surface area contributed by atoms with Gasteiger partial charge in [0, 0.05) is 35.4 Å². The Labute approximate surface area is 170 Å². The second-order valence-electron chi connectivity index (χ2n) is 7.28. The highest BCUT2D eigenvalue weighted by molar-refractivity contribution is 7.13. The van der Waals surface area contributed by atoms with E-state index in [1.54, 1.807) is 61.5 Å². The first-order chi connectivity index (χ1) is 13.8. The number of Topliss-reactive ketones (excluding diaryl/α,β-unsaturated/α-hetero) is 1. The predicted octanol–water partition coefficient (Wildman–Crippen LogP) is 2.81. The highest BCUT2D eigenvalue weighted by atomic mass is 32.1. The third-order valence-corrected chi connectivity index (χ3v) is 5.72. The second-order valence-corrected chi connectivity index (χ2v) is 8.14.